The quantitative estimate of drug-likeness (QED) is 0.397. The molecule has 0 radical (unpaired) electrons. The lowest BCUT2D eigenvalue weighted by Crippen LogP contribution is -2.71. The normalized spacial score (nSPS) is 21.8. The van der Waals surface area contributed by atoms with Crippen LogP contribution in [0.5, 0.6) is 0 Å². The summed E-state index contributed by atoms with van der Waals surface area (Å²) >= 11 is 4.59. The summed E-state index contributed by atoms with van der Waals surface area (Å²) < 4.78 is 5.73. The fourth-order valence-electron chi connectivity index (χ4n) is 3.05. The van der Waals surface area contributed by atoms with Crippen LogP contribution in [0, 0.1) is 0 Å². The molecule has 1 aromatic carbocycles. The molecular formula is C18H18BrN3O6S. The molecule has 0 aromatic heterocycles. The van der Waals surface area contributed by atoms with E-state index >= 15 is 0 Å². The van der Waals surface area contributed by atoms with Gasteiger partial charge in [0.25, 0.3) is 5.91 Å². The third kappa shape index (κ3) is 4.31. The molecule has 1 fully saturated rings. The summed E-state index contributed by atoms with van der Waals surface area (Å²) in [6.07, 6.45) is 0. The molecule has 2 heterocycles. The largest absolute Gasteiger partial charge is 0.477 e. The van der Waals surface area contributed by atoms with Gasteiger partial charge in [-0.15, -0.1) is 11.8 Å². The number of β-lactam (4-membered cyclic amide) rings is 1. The number of carboxylic acids is 1. The Kier molecular flexibility index (Phi) is 6.30. The summed E-state index contributed by atoms with van der Waals surface area (Å²) in [6, 6.07) is 5.07. The first-order valence-corrected chi connectivity index (χ1v) is 10.4. The Morgan fingerprint density at radius 1 is 1.38 bits per heavy atom. The van der Waals surface area contributed by atoms with E-state index in [9.17, 15) is 24.3 Å². The highest BCUT2D eigenvalue weighted by Gasteiger charge is 2.54. The Bertz CT molecular complexity index is 903. The molecule has 1 aromatic rings. The number of benzene rings is 1. The molecule has 154 valence electrons. The lowest BCUT2D eigenvalue weighted by atomic mass is 10.0. The van der Waals surface area contributed by atoms with Crippen molar-refractivity contribution in [3.05, 3.63) is 45.6 Å². The fourth-order valence-corrected chi connectivity index (χ4v) is 4.64. The molecular weight excluding hydrogens is 466 g/mol. The lowest BCUT2D eigenvalue weighted by molar-refractivity contribution is -0.151. The number of esters is 1. The smallest absolute Gasteiger partial charge is 0.352 e. The van der Waals surface area contributed by atoms with Gasteiger partial charge in [-0.05, 0) is 17.7 Å². The van der Waals surface area contributed by atoms with E-state index in [2.05, 4.69) is 21.2 Å². The number of fused-ring (bicyclic) bond motifs is 1. The van der Waals surface area contributed by atoms with Gasteiger partial charge in [0.2, 0.25) is 5.91 Å². The SMILES string of the molecule is CC(=O)OCC1=C(C(=O)O)N2C(=O)[C@@H](NC(=O)C(N)c3ccc(Br)cc3)[C@H]2SC1. The van der Waals surface area contributed by atoms with Gasteiger partial charge in [0.15, 0.2) is 0 Å². The molecule has 2 aliphatic rings. The molecule has 3 rings (SSSR count). The maximum absolute atomic E-state index is 12.6. The Labute approximate surface area is 178 Å². The summed E-state index contributed by atoms with van der Waals surface area (Å²) in [5.74, 6) is -2.65. The lowest BCUT2D eigenvalue weighted by Gasteiger charge is -2.49. The van der Waals surface area contributed by atoms with E-state index in [1.54, 1.807) is 24.3 Å². The standard InChI is InChI=1S/C18H18BrN3O6S/c1-8(23)28-6-10-7-29-17-13(16(25)22(17)14(10)18(26)27)21-15(24)12(20)9-2-4-11(19)5-3-9/h2-5,12-13,17H,6-7,20H2,1H3,(H,21,24)(H,26,27)/t12?,13-,17-/m1/s1. The average Bonchev–Trinajstić information content (AvgIpc) is 2.69. The minimum Gasteiger partial charge on any atom is -0.477 e. The van der Waals surface area contributed by atoms with Gasteiger partial charge >= 0.3 is 11.9 Å². The molecule has 3 atom stereocenters. The second-order valence-corrected chi connectivity index (χ2v) is 8.48. The van der Waals surface area contributed by atoms with Gasteiger partial charge in [-0.1, -0.05) is 28.1 Å². The first-order chi connectivity index (χ1) is 13.7. The molecule has 0 aliphatic carbocycles. The number of rotatable bonds is 6. The zero-order chi connectivity index (χ0) is 21.3. The molecule has 1 unspecified atom stereocenters. The predicted molar refractivity (Wildman–Crippen MR) is 107 cm³/mol. The number of halogens is 1. The highest BCUT2D eigenvalue weighted by atomic mass is 79.9. The number of hydrogen-bond acceptors (Lipinski definition) is 7. The van der Waals surface area contributed by atoms with E-state index in [1.165, 1.54) is 18.7 Å². The maximum Gasteiger partial charge on any atom is 0.352 e. The number of nitrogens with zero attached hydrogens (tertiary/aromatic N) is 1. The summed E-state index contributed by atoms with van der Waals surface area (Å²) in [5, 5.41) is 11.6. The highest BCUT2D eigenvalue weighted by molar-refractivity contribution is 9.10. The molecule has 2 aliphatic heterocycles. The van der Waals surface area contributed by atoms with Gasteiger partial charge in [0.1, 0.15) is 29.8 Å². The number of carbonyl (C=O) groups is 4. The van der Waals surface area contributed by atoms with Crippen molar-refractivity contribution >= 4 is 51.4 Å². The molecule has 0 bridgehead atoms. The van der Waals surface area contributed by atoms with Gasteiger partial charge in [-0.2, -0.15) is 0 Å². The van der Waals surface area contributed by atoms with Gasteiger partial charge in [0.05, 0.1) is 0 Å². The monoisotopic (exact) mass is 483 g/mol. The first-order valence-electron chi connectivity index (χ1n) is 8.55. The molecule has 11 heteroatoms. The van der Waals surface area contributed by atoms with Crippen LogP contribution in [0.3, 0.4) is 0 Å². The van der Waals surface area contributed by atoms with Crippen LogP contribution in [-0.4, -0.2) is 57.5 Å². The molecule has 0 spiro atoms. The Hall–Kier alpha value is -2.37. The van der Waals surface area contributed by atoms with Crippen molar-refractivity contribution < 1.29 is 29.0 Å². The first kappa shape index (κ1) is 21.3. The van der Waals surface area contributed by atoms with Crippen molar-refractivity contribution in [2.75, 3.05) is 12.4 Å². The Morgan fingerprint density at radius 3 is 2.62 bits per heavy atom. The van der Waals surface area contributed by atoms with E-state index in [-0.39, 0.29) is 18.1 Å². The van der Waals surface area contributed by atoms with E-state index in [1.807, 2.05) is 0 Å². The molecule has 2 amide bonds. The molecule has 9 nitrogen and oxygen atoms in total. The third-order valence-corrected chi connectivity index (χ3v) is 6.38. The number of nitrogens with two attached hydrogens (primary N) is 1. The summed E-state index contributed by atoms with van der Waals surface area (Å²) in [4.78, 5) is 48.9. The number of nitrogens with one attached hydrogen (secondary N) is 1. The zero-order valence-corrected chi connectivity index (χ0v) is 17.7. The van der Waals surface area contributed by atoms with Crippen molar-refractivity contribution in [2.24, 2.45) is 5.73 Å². The van der Waals surface area contributed by atoms with Gasteiger partial charge < -0.3 is 20.9 Å². The number of carbonyl (C=O) groups excluding carboxylic acids is 3. The van der Waals surface area contributed by atoms with Crippen LogP contribution in [0.25, 0.3) is 0 Å². The van der Waals surface area contributed by atoms with Crippen LogP contribution in [0.4, 0.5) is 0 Å². The van der Waals surface area contributed by atoms with E-state index in [0.29, 0.717) is 11.1 Å². The number of ether oxygens (including phenoxy) is 1. The van der Waals surface area contributed by atoms with E-state index in [0.717, 1.165) is 9.37 Å². The van der Waals surface area contributed by atoms with Crippen molar-refractivity contribution in [3.63, 3.8) is 0 Å². The topological polar surface area (TPSA) is 139 Å². The van der Waals surface area contributed by atoms with Crippen LogP contribution in [-0.2, 0) is 23.9 Å². The Morgan fingerprint density at radius 2 is 2.03 bits per heavy atom. The van der Waals surface area contributed by atoms with Gasteiger partial charge in [-0.25, -0.2) is 4.79 Å². The van der Waals surface area contributed by atoms with Crippen molar-refractivity contribution in [2.45, 2.75) is 24.4 Å². The highest BCUT2D eigenvalue weighted by Crippen LogP contribution is 2.40. The number of carboxylic acid groups (broad SMARTS) is 1. The van der Waals surface area contributed by atoms with Crippen molar-refractivity contribution in [1.29, 1.82) is 0 Å². The van der Waals surface area contributed by atoms with Gasteiger partial charge in [0, 0.05) is 22.7 Å². The molecule has 4 N–H and O–H groups in total. The number of thioether (sulfide) groups is 1. The molecule has 29 heavy (non-hydrogen) atoms. The zero-order valence-electron chi connectivity index (χ0n) is 15.3. The number of amides is 2. The fraction of sp³-hybridized carbons (Fsp3) is 0.333. The minimum absolute atomic E-state index is 0.202. The van der Waals surface area contributed by atoms with E-state index < -0.39 is 41.2 Å². The Balaban J connectivity index is 1.71. The third-order valence-electron chi connectivity index (χ3n) is 4.51. The van der Waals surface area contributed by atoms with Crippen LogP contribution in [0.1, 0.15) is 18.5 Å². The summed E-state index contributed by atoms with van der Waals surface area (Å²) in [5.41, 5.74) is 6.69. The van der Waals surface area contributed by atoms with Crippen LogP contribution < -0.4 is 11.1 Å². The molecule has 1 saturated heterocycles. The number of hydrogen-bond donors (Lipinski definition) is 3. The summed E-state index contributed by atoms with van der Waals surface area (Å²) in [7, 11) is 0. The summed E-state index contributed by atoms with van der Waals surface area (Å²) in [6.45, 7) is 1.01. The minimum atomic E-state index is -1.29. The van der Waals surface area contributed by atoms with Gasteiger partial charge in [-0.3, -0.25) is 19.3 Å². The van der Waals surface area contributed by atoms with Crippen LogP contribution in [0.2, 0.25) is 0 Å². The molecule has 0 saturated carbocycles. The van der Waals surface area contributed by atoms with E-state index in [4.69, 9.17) is 10.5 Å². The van der Waals surface area contributed by atoms with Crippen LogP contribution >= 0.6 is 27.7 Å². The van der Waals surface area contributed by atoms with Crippen molar-refractivity contribution in [1.82, 2.24) is 10.2 Å². The maximum atomic E-state index is 12.6. The average molecular weight is 484 g/mol. The number of aliphatic carboxylic acids is 1. The second-order valence-electron chi connectivity index (χ2n) is 6.46. The van der Waals surface area contributed by atoms with Crippen LogP contribution in [0.15, 0.2) is 40.0 Å². The second kappa shape index (κ2) is 8.56. The van der Waals surface area contributed by atoms with Crippen molar-refractivity contribution in [3.8, 4) is 0 Å². The predicted octanol–water partition coefficient (Wildman–Crippen LogP) is 0.751.